The van der Waals surface area contributed by atoms with Crippen molar-refractivity contribution in [2.75, 3.05) is 34.3 Å². The second-order valence-electron chi connectivity index (χ2n) is 22.5. The minimum Gasteiger partial charge on any atom is -0.459 e. The molecule has 0 spiro atoms. The van der Waals surface area contributed by atoms with Crippen LogP contribution in [0.4, 0.5) is 13.2 Å². The number of likely N-dealkylation sites (N-methyl/N-ethyl adjacent to an activating group) is 2. The van der Waals surface area contributed by atoms with E-state index in [4.69, 9.17) is 28.5 Å². The van der Waals surface area contributed by atoms with Gasteiger partial charge in [-0.15, -0.1) is 5.10 Å². The number of esters is 1. The van der Waals surface area contributed by atoms with Gasteiger partial charge in [-0.2, -0.15) is 13.2 Å². The molecule has 21 heteroatoms. The average Bonchev–Trinajstić information content (AvgIpc) is 3.99. The predicted octanol–water partition coefficient (Wildman–Crippen LogP) is 4.59. The van der Waals surface area contributed by atoms with Gasteiger partial charge >= 0.3 is 12.1 Å². The molecule has 6 rings (SSSR count). The second-order valence-corrected chi connectivity index (χ2v) is 22.5. The van der Waals surface area contributed by atoms with Gasteiger partial charge in [0.2, 0.25) is 0 Å². The molecule has 5 N–H and O–H groups in total. The molecule has 2 aromatic rings. The van der Waals surface area contributed by atoms with Gasteiger partial charge in [0.1, 0.15) is 30.0 Å². The number of aliphatic hydroxyl groups excluding tert-OH is 3. The third-order valence-electron chi connectivity index (χ3n) is 16.4. The molecular weight excluding hydrogens is 958 g/mol. The Kier molecular flexibility index (Phi) is 19.0. The lowest BCUT2D eigenvalue weighted by atomic mass is 9.68. The molecule has 1 aromatic carbocycles. The Morgan fingerprint density at radius 3 is 2.36 bits per heavy atom. The second kappa shape index (κ2) is 23.5. The number of carbonyl (C=O) groups is 1. The first-order valence-corrected chi connectivity index (χ1v) is 25.9. The van der Waals surface area contributed by atoms with Crippen LogP contribution in [0.3, 0.4) is 0 Å². The summed E-state index contributed by atoms with van der Waals surface area (Å²) in [5.41, 5.74) is -3.89. The van der Waals surface area contributed by atoms with E-state index in [9.17, 15) is 43.5 Å². The minimum absolute atomic E-state index is 0.163. The number of hydrogen-bond acceptors (Lipinski definition) is 17. The van der Waals surface area contributed by atoms with Crippen molar-refractivity contribution < 1.29 is 72.0 Å². The first kappa shape index (κ1) is 58.9. The van der Waals surface area contributed by atoms with Crippen molar-refractivity contribution in [1.29, 1.82) is 0 Å². The number of benzene rings is 1. The predicted molar refractivity (Wildman–Crippen MR) is 263 cm³/mol. The molecule has 4 aliphatic heterocycles. The lowest BCUT2D eigenvalue weighted by Gasteiger charge is -2.51. The zero-order valence-electron chi connectivity index (χ0n) is 44.9. The zero-order valence-corrected chi connectivity index (χ0v) is 44.9. The highest BCUT2D eigenvalue weighted by Crippen LogP contribution is 2.45. The summed E-state index contributed by atoms with van der Waals surface area (Å²) in [5, 5.41) is 72.7. The standard InChI is InChI=1S/C52H83F3N6O12/c1-14-41-51(10,67)44(63)32(6)60(12)25-28(2)23-49(8,66)46(30(4)42(31(5)47(65)71-41)40-24-50(9,68-13)45(64)33(7)70-40)72-48-43(62)39(20-29(3)69-48)59(11)19-18-36-26-61(58-56-36)27-37-22-38(57-73-37)34-16-15-17-35(21-34)52(53,54)55/h15-17,21,26,28-33,37,39-46,48,62-64,66-67H,14,18-20,22-25,27H2,1-13H3/t28-,29-,30+,31-,32-,33+,37-,39+,40?,41-,42+,43-,44-,45+,46-,48+,49-,50-,51-/m1/s1. The van der Waals surface area contributed by atoms with Crippen molar-refractivity contribution in [2.24, 2.45) is 28.8 Å². The molecule has 0 bridgehead atoms. The molecule has 4 aliphatic rings. The SMILES string of the molecule is CC[C@H]1OC(=O)[C@H](C)[C@@H](C2C[C@@](C)(OC)[C@@H](O)[C@H](C)O2)[C@H](C)[C@@H](O[C@@H]2O[C@H](C)C[C@H](N(C)CCc3cn(C[C@H]4CC(c5cccc(C(F)(F)F)c5)=NO4)nn3)[C@H]2O)[C@](C)(O)C[C@@H](C)CN(C)[C@H](C)[C@@H](O)[C@]1(C)O. The Labute approximate surface area is 428 Å². The van der Waals surface area contributed by atoms with Gasteiger partial charge in [0.05, 0.1) is 65.0 Å². The van der Waals surface area contributed by atoms with E-state index in [-0.39, 0.29) is 31.7 Å². The molecule has 414 valence electrons. The Morgan fingerprint density at radius 2 is 1.70 bits per heavy atom. The molecule has 3 saturated heterocycles. The van der Waals surface area contributed by atoms with Gasteiger partial charge in [0.25, 0.3) is 0 Å². The fraction of sp³-hybridized carbons (Fsp3) is 0.808. The summed E-state index contributed by atoms with van der Waals surface area (Å²) >= 11 is 0. The van der Waals surface area contributed by atoms with Gasteiger partial charge in [-0.25, -0.2) is 4.68 Å². The highest BCUT2D eigenvalue weighted by molar-refractivity contribution is 6.01. The van der Waals surface area contributed by atoms with Crippen LogP contribution in [0.1, 0.15) is 118 Å². The van der Waals surface area contributed by atoms with Gasteiger partial charge in [-0.05, 0) is 98.9 Å². The van der Waals surface area contributed by atoms with Crippen molar-refractivity contribution >= 4 is 11.7 Å². The van der Waals surface area contributed by atoms with E-state index >= 15 is 0 Å². The van der Waals surface area contributed by atoms with E-state index < -0.39 is 126 Å². The van der Waals surface area contributed by atoms with E-state index in [0.717, 1.165) is 12.1 Å². The Balaban J connectivity index is 1.23. The van der Waals surface area contributed by atoms with Gasteiger partial charge in [-0.3, -0.25) is 4.79 Å². The van der Waals surface area contributed by atoms with Crippen molar-refractivity contribution in [1.82, 2.24) is 24.8 Å². The number of methoxy groups -OCH3 is 1. The summed E-state index contributed by atoms with van der Waals surface area (Å²) in [4.78, 5) is 24.1. The highest BCUT2D eigenvalue weighted by Gasteiger charge is 2.55. The number of hydrogen-bond donors (Lipinski definition) is 5. The number of alkyl halides is 3. The number of aromatic nitrogens is 3. The lowest BCUT2D eigenvalue weighted by Crippen LogP contribution is -2.62. The van der Waals surface area contributed by atoms with E-state index in [0.29, 0.717) is 49.3 Å². The average molecular weight is 1040 g/mol. The molecule has 0 radical (unpaired) electrons. The molecule has 1 unspecified atom stereocenters. The van der Waals surface area contributed by atoms with Crippen molar-refractivity contribution in [3.8, 4) is 0 Å². The van der Waals surface area contributed by atoms with Crippen LogP contribution in [-0.4, -0.2) is 186 Å². The van der Waals surface area contributed by atoms with E-state index in [1.165, 1.54) is 20.1 Å². The van der Waals surface area contributed by atoms with Crippen LogP contribution in [0, 0.1) is 23.7 Å². The number of ether oxygens (including phenoxy) is 5. The van der Waals surface area contributed by atoms with Crippen molar-refractivity contribution in [3.63, 3.8) is 0 Å². The number of cyclic esters (lactones) is 1. The molecule has 19 atom stereocenters. The fourth-order valence-electron chi connectivity index (χ4n) is 12.0. The summed E-state index contributed by atoms with van der Waals surface area (Å²) in [6, 6.07) is 3.93. The maximum Gasteiger partial charge on any atom is 0.416 e. The number of aliphatic hydroxyl groups is 5. The van der Waals surface area contributed by atoms with Gasteiger partial charge < -0.3 is 63.9 Å². The molecule has 18 nitrogen and oxygen atoms in total. The summed E-state index contributed by atoms with van der Waals surface area (Å²) in [6.07, 6.45) is -10.2. The topological polar surface area (TPSA) is 223 Å². The van der Waals surface area contributed by atoms with E-state index in [1.807, 2.05) is 44.7 Å². The minimum atomic E-state index is -4.48. The molecule has 0 saturated carbocycles. The van der Waals surface area contributed by atoms with Crippen LogP contribution in [0.15, 0.2) is 35.6 Å². The Morgan fingerprint density at radius 1 is 1.00 bits per heavy atom. The van der Waals surface area contributed by atoms with Crippen molar-refractivity contribution in [2.45, 2.75) is 211 Å². The summed E-state index contributed by atoms with van der Waals surface area (Å²) in [5.74, 6) is -3.30. The molecule has 0 aliphatic carbocycles. The van der Waals surface area contributed by atoms with Gasteiger partial charge in [-0.1, -0.05) is 50.2 Å². The molecule has 3 fully saturated rings. The number of nitrogens with zero attached hydrogens (tertiary/aromatic N) is 6. The van der Waals surface area contributed by atoms with Gasteiger partial charge in [0.15, 0.2) is 12.4 Å². The smallest absolute Gasteiger partial charge is 0.416 e. The molecule has 1 aromatic heterocycles. The summed E-state index contributed by atoms with van der Waals surface area (Å²) < 4.78 is 73.8. The number of halogens is 3. The zero-order chi connectivity index (χ0) is 54.1. The number of carbonyl (C=O) groups excluding carboxylic acids is 1. The quantitative estimate of drug-likeness (QED) is 0.184. The third-order valence-corrected chi connectivity index (χ3v) is 16.4. The van der Waals surface area contributed by atoms with Crippen LogP contribution in [0.2, 0.25) is 0 Å². The first-order chi connectivity index (χ1) is 34.0. The van der Waals surface area contributed by atoms with Crippen LogP contribution >= 0.6 is 0 Å². The largest absolute Gasteiger partial charge is 0.459 e. The molecule has 73 heavy (non-hydrogen) atoms. The van der Waals surface area contributed by atoms with Crippen LogP contribution in [0.5, 0.6) is 0 Å². The molecule has 0 amide bonds. The van der Waals surface area contributed by atoms with Crippen molar-refractivity contribution in [3.05, 3.63) is 47.3 Å². The summed E-state index contributed by atoms with van der Waals surface area (Å²) in [7, 11) is 5.23. The summed E-state index contributed by atoms with van der Waals surface area (Å²) in [6.45, 7) is 18.8. The van der Waals surface area contributed by atoms with Crippen LogP contribution in [0.25, 0.3) is 0 Å². The molecular formula is C52H83F3N6O12. The maximum atomic E-state index is 14.6. The Bertz CT molecular complexity index is 2170. The van der Waals surface area contributed by atoms with E-state index in [1.54, 1.807) is 58.5 Å². The Hall–Kier alpha value is -3.35. The van der Waals surface area contributed by atoms with E-state index in [2.05, 4.69) is 15.5 Å². The first-order valence-electron chi connectivity index (χ1n) is 25.9. The lowest BCUT2D eigenvalue weighted by molar-refractivity contribution is -0.302. The third kappa shape index (κ3) is 13.4. The fourth-order valence-corrected chi connectivity index (χ4v) is 12.0. The number of rotatable bonds is 12. The monoisotopic (exact) mass is 1040 g/mol. The number of oxime groups is 1. The highest BCUT2D eigenvalue weighted by atomic mass is 19.4. The normalized spacial score (nSPS) is 40.9. The van der Waals surface area contributed by atoms with Crippen LogP contribution in [-0.2, 0) is 52.5 Å². The van der Waals surface area contributed by atoms with Gasteiger partial charge in [0, 0.05) is 69.2 Å². The maximum absolute atomic E-state index is 14.6. The van der Waals surface area contributed by atoms with Crippen LogP contribution < -0.4 is 0 Å². The molecule has 5 heterocycles.